The van der Waals surface area contributed by atoms with Gasteiger partial charge in [0.1, 0.15) is 0 Å². The van der Waals surface area contributed by atoms with Crippen LogP contribution in [0.25, 0.3) is 55.6 Å². The molecule has 2 saturated carbocycles. The summed E-state index contributed by atoms with van der Waals surface area (Å²) in [6, 6.07) is 71.0. The summed E-state index contributed by atoms with van der Waals surface area (Å²) in [5.74, 6) is 2.87. The van der Waals surface area contributed by atoms with Crippen LogP contribution in [0.2, 0.25) is 5.02 Å². The molecule has 2 fully saturated rings. The molecule has 2 bridgehead atoms. The summed E-state index contributed by atoms with van der Waals surface area (Å²) in [5.41, 5.74) is 18.7. The average Bonchev–Trinajstić information content (AvgIpc) is 3.59. The van der Waals surface area contributed by atoms with E-state index in [0.717, 1.165) is 39.5 Å². The van der Waals surface area contributed by atoms with Crippen molar-refractivity contribution in [3.63, 3.8) is 0 Å². The second kappa shape index (κ2) is 15.4. The average molecular weight is 809 g/mol. The summed E-state index contributed by atoms with van der Waals surface area (Å²) in [6.07, 6.45) is 5.33. The van der Waals surface area contributed by atoms with E-state index in [1.54, 1.807) is 0 Å². The van der Waals surface area contributed by atoms with Crippen molar-refractivity contribution in [2.24, 2.45) is 23.7 Å². The normalized spacial score (nSPS) is 21.2. The summed E-state index contributed by atoms with van der Waals surface area (Å²) in [7, 11) is 0. The van der Waals surface area contributed by atoms with E-state index in [0.29, 0.717) is 11.8 Å². The lowest BCUT2D eigenvalue weighted by atomic mass is 9.49. The van der Waals surface area contributed by atoms with Crippen molar-refractivity contribution in [2.75, 3.05) is 4.90 Å². The first-order valence-corrected chi connectivity index (χ1v) is 22.6. The maximum Gasteiger partial charge on any atom is 0.0490 e. The third-order valence-electron chi connectivity index (χ3n) is 14.5. The number of halogens is 1. The molecule has 0 amide bonds. The molecular weight excluding hydrogens is 758 g/mol. The number of rotatable bonds is 7. The Morgan fingerprint density at radius 3 is 1.41 bits per heavy atom. The van der Waals surface area contributed by atoms with E-state index in [4.69, 9.17) is 11.6 Å². The fraction of sp³-hybridized carbons (Fsp3) is 0.186. The summed E-state index contributed by atoms with van der Waals surface area (Å²) in [4.78, 5) is 2.35. The van der Waals surface area contributed by atoms with E-state index in [1.807, 2.05) is 0 Å². The van der Waals surface area contributed by atoms with Gasteiger partial charge in [0, 0.05) is 33.1 Å². The van der Waals surface area contributed by atoms with Crippen LogP contribution in [0.15, 0.2) is 194 Å². The molecule has 2 heteroatoms. The number of nitrogens with zero attached hydrogens (tertiary/aromatic N) is 1. The molecule has 298 valence electrons. The van der Waals surface area contributed by atoms with Gasteiger partial charge >= 0.3 is 0 Å². The molecule has 8 aromatic rings. The monoisotopic (exact) mass is 807 g/mol. The predicted molar refractivity (Wildman–Crippen MR) is 258 cm³/mol. The Balaban J connectivity index is 0.915. The topological polar surface area (TPSA) is 3.24 Å². The summed E-state index contributed by atoms with van der Waals surface area (Å²) >= 11 is 7.28. The van der Waals surface area contributed by atoms with E-state index >= 15 is 0 Å². The first-order chi connectivity index (χ1) is 29.9. The van der Waals surface area contributed by atoms with Gasteiger partial charge < -0.3 is 4.90 Å². The Labute approximate surface area is 366 Å². The second-order valence-electron chi connectivity index (χ2n) is 18.1. The zero-order chi connectivity index (χ0) is 41.1. The van der Waals surface area contributed by atoms with Gasteiger partial charge in [0.15, 0.2) is 0 Å². The highest BCUT2D eigenvalue weighted by molar-refractivity contribution is 6.33. The maximum absolute atomic E-state index is 7.28. The van der Waals surface area contributed by atoms with Crippen molar-refractivity contribution in [3.05, 3.63) is 210 Å². The Morgan fingerprint density at radius 1 is 0.410 bits per heavy atom. The first kappa shape index (κ1) is 37.8. The van der Waals surface area contributed by atoms with Crippen LogP contribution in [0.5, 0.6) is 0 Å². The van der Waals surface area contributed by atoms with Crippen LogP contribution < -0.4 is 4.90 Å². The van der Waals surface area contributed by atoms with Gasteiger partial charge in [-0.05, 0) is 159 Å². The fourth-order valence-corrected chi connectivity index (χ4v) is 12.2. The van der Waals surface area contributed by atoms with Crippen LogP contribution in [0.4, 0.5) is 17.1 Å². The molecule has 5 unspecified atom stereocenters. The van der Waals surface area contributed by atoms with Crippen LogP contribution in [0.3, 0.4) is 0 Å². The van der Waals surface area contributed by atoms with Gasteiger partial charge in [-0.15, -0.1) is 0 Å². The molecule has 61 heavy (non-hydrogen) atoms. The van der Waals surface area contributed by atoms with E-state index < -0.39 is 0 Å². The number of fused-ring (bicyclic) bond motifs is 8. The number of hydrogen-bond acceptors (Lipinski definition) is 1. The molecule has 3 aliphatic carbocycles. The minimum atomic E-state index is 0.0415. The fourth-order valence-electron chi connectivity index (χ4n) is 11.9. The molecule has 0 radical (unpaired) electrons. The van der Waals surface area contributed by atoms with Gasteiger partial charge in [-0.1, -0.05) is 171 Å². The second-order valence-corrected chi connectivity index (χ2v) is 18.5. The molecule has 11 rings (SSSR count). The van der Waals surface area contributed by atoms with Crippen molar-refractivity contribution >= 4 is 28.7 Å². The molecule has 1 nitrogen and oxygen atoms in total. The highest BCUT2D eigenvalue weighted by Gasteiger charge is 2.56. The SMILES string of the molecule is CC1CC2CC(C)C3(c4ccccc4-c4cc(Cl)c(-c5ccc(-c6ccc(N(c7ccc(-c8ccccc8)cc7)c7ccc(-c8ccccc8)cc7)cc6)cc5)cc43)C(C1)C2. The third-order valence-corrected chi connectivity index (χ3v) is 14.8. The summed E-state index contributed by atoms with van der Waals surface area (Å²) in [5, 5.41) is 0.828. The highest BCUT2D eigenvalue weighted by atomic mass is 35.5. The lowest BCUT2D eigenvalue weighted by molar-refractivity contribution is 0.0426. The van der Waals surface area contributed by atoms with E-state index in [1.165, 1.54) is 86.9 Å². The molecular formula is C59H50ClN. The van der Waals surface area contributed by atoms with Crippen molar-refractivity contribution in [2.45, 2.75) is 44.9 Å². The predicted octanol–water partition coefficient (Wildman–Crippen LogP) is 16.8. The third kappa shape index (κ3) is 6.53. The van der Waals surface area contributed by atoms with Crippen LogP contribution in [0, 0.1) is 23.7 Å². The van der Waals surface area contributed by atoms with Gasteiger partial charge in [-0.3, -0.25) is 0 Å². The Morgan fingerprint density at radius 2 is 0.869 bits per heavy atom. The Kier molecular flexibility index (Phi) is 9.54. The van der Waals surface area contributed by atoms with Crippen LogP contribution in [-0.4, -0.2) is 0 Å². The highest BCUT2D eigenvalue weighted by Crippen LogP contribution is 2.65. The van der Waals surface area contributed by atoms with Gasteiger partial charge in [0.25, 0.3) is 0 Å². The van der Waals surface area contributed by atoms with Crippen LogP contribution in [-0.2, 0) is 5.41 Å². The van der Waals surface area contributed by atoms with E-state index in [9.17, 15) is 0 Å². The molecule has 8 aromatic carbocycles. The smallest absolute Gasteiger partial charge is 0.0490 e. The van der Waals surface area contributed by atoms with Crippen molar-refractivity contribution in [3.8, 4) is 55.6 Å². The van der Waals surface area contributed by atoms with Crippen molar-refractivity contribution in [1.82, 2.24) is 0 Å². The molecule has 0 saturated heterocycles. The minimum Gasteiger partial charge on any atom is -0.311 e. The molecule has 0 aliphatic heterocycles. The van der Waals surface area contributed by atoms with Gasteiger partial charge in [-0.2, -0.15) is 0 Å². The van der Waals surface area contributed by atoms with Gasteiger partial charge in [0.05, 0.1) is 0 Å². The summed E-state index contributed by atoms with van der Waals surface area (Å²) in [6.45, 7) is 5.02. The van der Waals surface area contributed by atoms with E-state index in [2.05, 4.69) is 213 Å². The minimum absolute atomic E-state index is 0.0415. The Bertz CT molecular complexity index is 2740. The zero-order valence-electron chi connectivity index (χ0n) is 34.9. The zero-order valence-corrected chi connectivity index (χ0v) is 35.7. The van der Waals surface area contributed by atoms with Crippen molar-refractivity contribution in [1.29, 1.82) is 0 Å². The summed E-state index contributed by atoms with van der Waals surface area (Å²) < 4.78 is 0. The lowest BCUT2D eigenvalue weighted by Crippen LogP contribution is -2.49. The van der Waals surface area contributed by atoms with Gasteiger partial charge in [-0.25, -0.2) is 0 Å². The lowest BCUT2D eigenvalue weighted by Gasteiger charge is -2.54. The molecule has 3 aliphatic rings. The molecule has 0 N–H and O–H groups in total. The quantitative estimate of drug-likeness (QED) is 0.155. The van der Waals surface area contributed by atoms with Crippen molar-refractivity contribution < 1.29 is 0 Å². The largest absolute Gasteiger partial charge is 0.311 e. The maximum atomic E-state index is 7.28. The standard InChI is InChI=1S/C59H50ClN/c1-39-33-41-35-40(2)59(49(34-39)36-41)56-16-10-9-15-53(56)55-38-58(60)54(37-57(55)59)48-19-17-44(18-20-48)47-25-31-52(32-26-47)61(50-27-21-45(22-28-50)42-11-5-3-6-12-42)51-29-23-46(24-30-51)43-13-7-4-8-14-43/h3-32,37-41,49H,33-36H2,1-2H3. The molecule has 0 heterocycles. The molecule has 1 spiro atoms. The number of anilines is 3. The molecule has 5 atom stereocenters. The Hall–Kier alpha value is -6.15. The van der Waals surface area contributed by atoms with E-state index in [-0.39, 0.29) is 5.41 Å². The van der Waals surface area contributed by atoms with Gasteiger partial charge in [0.2, 0.25) is 0 Å². The molecule has 0 aromatic heterocycles. The first-order valence-electron chi connectivity index (χ1n) is 22.2. The number of hydrogen-bond donors (Lipinski definition) is 0. The number of benzene rings is 8. The van der Waals surface area contributed by atoms with Crippen LogP contribution in [0.1, 0.15) is 50.7 Å². The van der Waals surface area contributed by atoms with Crippen LogP contribution >= 0.6 is 11.6 Å².